The van der Waals surface area contributed by atoms with Gasteiger partial charge in [0.1, 0.15) is 11.8 Å². The number of carbonyl (C=O) groups is 1. The summed E-state index contributed by atoms with van der Waals surface area (Å²) in [5, 5.41) is 13.5. The van der Waals surface area contributed by atoms with Crippen molar-refractivity contribution in [1.29, 1.82) is 0 Å². The number of fused-ring (bicyclic) bond motifs is 1. The fourth-order valence-electron chi connectivity index (χ4n) is 2.54. The lowest BCUT2D eigenvalue weighted by molar-refractivity contribution is -0.0689. The lowest BCUT2D eigenvalue weighted by Crippen LogP contribution is -2.61. The Kier molecular flexibility index (Phi) is 2.64. The number of nitrogens with one attached hydrogen (secondary N) is 1. The predicted octanol–water partition coefficient (Wildman–Crippen LogP) is 2.32. The minimum absolute atomic E-state index is 0.00339. The number of rotatable bonds is 2. The monoisotopic (exact) mass is 259 g/mol. The largest absolute Gasteiger partial charge is 0.463 e. The molecule has 4 heteroatoms. The van der Waals surface area contributed by atoms with E-state index in [0.717, 1.165) is 5.39 Å². The smallest absolute Gasteiger partial charge is 0.255 e. The Morgan fingerprint density at radius 2 is 2.16 bits per heavy atom. The van der Waals surface area contributed by atoms with Crippen molar-refractivity contribution < 1.29 is 14.3 Å². The van der Waals surface area contributed by atoms with Gasteiger partial charge in [-0.25, -0.2) is 0 Å². The zero-order chi connectivity index (χ0) is 13.6. The van der Waals surface area contributed by atoms with E-state index < -0.39 is 0 Å². The van der Waals surface area contributed by atoms with Crippen LogP contribution in [0.5, 0.6) is 0 Å². The van der Waals surface area contributed by atoms with Gasteiger partial charge in [0.15, 0.2) is 0 Å². The second-order valence-corrected chi connectivity index (χ2v) is 5.74. The first-order valence-corrected chi connectivity index (χ1v) is 6.45. The molecule has 2 aromatic rings. The highest BCUT2D eigenvalue weighted by Gasteiger charge is 2.48. The Hall–Kier alpha value is -1.81. The molecule has 2 unspecified atom stereocenters. The standard InChI is InChI=1S/C15H17NO3/c1-15(2)12(7-13(15)17)16-14(18)10-8-19-11-6-4-3-5-9(10)11/h3-6,8,12-13,17H,7H2,1-2H3,(H,16,18). The summed E-state index contributed by atoms with van der Waals surface area (Å²) in [6, 6.07) is 7.46. The minimum atomic E-state index is -0.348. The van der Waals surface area contributed by atoms with E-state index in [2.05, 4.69) is 5.32 Å². The van der Waals surface area contributed by atoms with Crippen LogP contribution in [0.4, 0.5) is 0 Å². The van der Waals surface area contributed by atoms with Crippen LogP contribution in [0.25, 0.3) is 11.0 Å². The maximum atomic E-state index is 12.3. The molecule has 1 saturated carbocycles. The van der Waals surface area contributed by atoms with Crippen molar-refractivity contribution in [2.45, 2.75) is 32.4 Å². The maximum absolute atomic E-state index is 12.3. The second-order valence-electron chi connectivity index (χ2n) is 5.74. The number of amides is 1. The summed E-state index contributed by atoms with van der Waals surface area (Å²) in [6.07, 6.45) is 1.75. The molecule has 0 aliphatic heterocycles. The SMILES string of the molecule is CC1(C)C(O)CC1NC(=O)c1coc2ccccc12. The average molecular weight is 259 g/mol. The molecule has 0 bridgehead atoms. The Morgan fingerprint density at radius 3 is 2.84 bits per heavy atom. The van der Waals surface area contributed by atoms with E-state index in [1.165, 1.54) is 6.26 Å². The summed E-state index contributed by atoms with van der Waals surface area (Å²) in [5.74, 6) is -0.144. The van der Waals surface area contributed by atoms with Gasteiger partial charge < -0.3 is 14.8 Å². The Labute approximate surface area is 111 Å². The summed E-state index contributed by atoms with van der Waals surface area (Å²) in [7, 11) is 0. The third kappa shape index (κ3) is 1.83. The number of aliphatic hydroxyl groups excluding tert-OH is 1. The molecule has 19 heavy (non-hydrogen) atoms. The lowest BCUT2D eigenvalue weighted by atomic mass is 9.64. The van der Waals surface area contributed by atoms with Gasteiger partial charge in [-0.3, -0.25) is 4.79 Å². The normalized spacial score (nSPS) is 25.0. The van der Waals surface area contributed by atoms with Gasteiger partial charge in [0.25, 0.3) is 5.91 Å². The average Bonchev–Trinajstić information content (AvgIpc) is 2.82. The van der Waals surface area contributed by atoms with Gasteiger partial charge in [0.2, 0.25) is 0 Å². The molecule has 4 nitrogen and oxygen atoms in total. The van der Waals surface area contributed by atoms with Crippen LogP contribution in [0.1, 0.15) is 30.6 Å². The van der Waals surface area contributed by atoms with Crippen molar-refractivity contribution in [1.82, 2.24) is 5.32 Å². The van der Waals surface area contributed by atoms with E-state index in [9.17, 15) is 9.90 Å². The number of benzene rings is 1. The third-order valence-electron chi connectivity index (χ3n) is 4.25. The fraction of sp³-hybridized carbons (Fsp3) is 0.400. The van der Waals surface area contributed by atoms with Gasteiger partial charge in [-0.1, -0.05) is 32.0 Å². The fourth-order valence-corrected chi connectivity index (χ4v) is 2.54. The quantitative estimate of drug-likeness (QED) is 0.870. The molecule has 1 fully saturated rings. The van der Waals surface area contributed by atoms with Crippen LogP contribution in [-0.2, 0) is 0 Å². The van der Waals surface area contributed by atoms with Crippen LogP contribution in [0.15, 0.2) is 34.9 Å². The van der Waals surface area contributed by atoms with Crippen LogP contribution < -0.4 is 5.32 Å². The summed E-state index contributed by atoms with van der Waals surface area (Å²) in [5.41, 5.74) is 0.989. The molecule has 1 aliphatic carbocycles. The van der Waals surface area contributed by atoms with Crippen molar-refractivity contribution in [3.63, 3.8) is 0 Å². The van der Waals surface area contributed by atoms with E-state index in [4.69, 9.17) is 4.42 Å². The predicted molar refractivity (Wildman–Crippen MR) is 71.9 cm³/mol. The van der Waals surface area contributed by atoms with Crippen molar-refractivity contribution in [2.24, 2.45) is 5.41 Å². The van der Waals surface area contributed by atoms with Gasteiger partial charge >= 0.3 is 0 Å². The van der Waals surface area contributed by atoms with Gasteiger partial charge in [-0.2, -0.15) is 0 Å². The molecule has 1 aliphatic rings. The summed E-state index contributed by atoms with van der Waals surface area (Å²) in [4.78, 5) is 12.3. The van der Waals surface area contributed by atoms with Gasteiger partial charge in [-0.15, -0.1) is 0 Å². The number of hydrogen-bond acceptors (Lipinski definition) is 3. The highest BCUT2D eigenvalue weighted by Crippen LogP contribution is 2.40. The molecule has 0 spiro atoms. The zero-order valence-electron chi connectivity index (χ0n) is 11.0. The molecular formula is C15H17NO3. The summed E-state index contributed by atoms with van der Waals surface area (Å²) in [6.45, 7) is 3.92. The van der Waals surface area contributed by atoms with Crippen LogP contribution >= 0.6 is 0 Å². The highest BCUT2D eigenvalue weighted by molar-refractivity contribution is 6.06. The van der Waals surface area contributed by atoms with Crippen LogP contribution in [-0.4, -0.2) is 23.2 Å². The topological polar surface area (TPSA) is 62.5 Å². The van der Waals surface area contributed by atoms with Crippen molar-refractivity contribution in [3.8, 4) is 0 Å². The number of aliphatic hydroxyl groups is 1. The number of para-hydroxylation sites is 1. The number of carbonyl (C=O) groups excluding carboxylic acids is 1. The first-order chi connectivity index (χ1) is 9.00. The Balaban J connectivity index is 1.82. The third-order valence-corrected chi connectivity index (χ3v) is 4.25. The molecule has 1 aromatic carbocycles. The minimum Gasteiger partial charge on any atom is -0.463 e. The molecule has 1 amide bonds. The molecule has 1 heterocycles. The molecule has 2 atom stereocenters. The molecule has 0 saturated heterocycles. The summed E-state index contributed by atoms with van der Waals surface area (Å²) >= 11 is 0. The molecule has 100 valence electrons. The highest BCUT2D eigenvalue weighted by atomic mass is 16.3. The van der Waals surface area contributed by atoms with E-state index in [0.29, 0.717) is 17.6 Å². The van der Waals surface area contributed by atoms with E-state index in [-0.39, 0.29) is 23.5 Å². The van der Waals surface area contributed by atoms with Gasteiger partial charge in [-0.05, 0) is 12.5 Å². The van der Waals surface area contributed by atoms with Crippen LogP contribution in [0.2, 0.25) is 0 Å². The van der Waals surface area contributed by atoms with E-state index >= 15 is 0 Å². The maximum Gasteiger partial charge on any atom is 0.255 e. The summed E-state index contributed by atoms with van der Waals surface area (Å²) < 4.78 is 5.37. The number of hydrogen-bond donors (Lipinski definition) is 2. The first-order valence-electron chi connectivity index (χ1n) is 6.45. The van der Waals surface area contributed by atoms with Gasteiger partial charge in [0, 0.05) is 16.8 Å². The van der Waals surface area contributed by atoms with Crippen molar-refractivity contribution >= 4 is 16.9 Å². The molecule has 0 radical (unpaired) electrons. The van der Waals surface area contributed by atoms with E-state index in [1.54, 1.807) is 0 Å². The van der Waals surface area contributed by atoms with Crippen molar-refractivity contribution in [2.75, 3.05) is 0 Å². The molecule has 2 N–H and O–H groups in total. The number of furan rings is 1. The lowest BCUT2D eigenvalue weighted by Gasteiger charge is -2.49. The zero-order valence-corrected chi connectivity index (χ0v) is 11.0. The molecule has 3 rings (SSSR count). The van der Waals surface area contributed by atoms with Crippen LogP contribution in [0, 0.1) is 5.41 Å². The Morgan fingerprint density at radius 1 is 1.42 bits per heavy atom. The van der Waals surface area contributed by atoms with E-state index in [1.807, 2.05) is 38.1 Å². The van der Waals surface area contributed by atoms with Crippen LogP contribution in [0.3, 0.4) is 0 Å². The second kappa shape index (κ2) is 4.10. The van der Waals surface area contributed by atoms with Crippen molar-refractivity contribution in [3.05, 3.63) is 36.1 Å². The molecular weight excluding hydrogens is 242 g/mol. The first kappa shape index (κ1) is 12.2. The molecule has 1 aromatic heterocycles. The Bertz CT molecular complexity index is 629. The van der Waals surface area contributed by atoms with Gasteiger partial charge in [0.05, 0.1) is 11.7 Å².